The Labute approximate surface area is 143 Å². The molecule has 0 bridgehead atoms. The zero-order chi connectivity index (χ0) is 16.4. The molecule has 0 aliphatic carbocycles. The highest BCUT2D eigenvalue weighted by molar-refractivity contribution is 8.00. The third kappa shape index (κ3) is 3.38. The van der Waals surface area contributed by atoms with Crippen LogP contribution in [0.4, 0.5) is 5.69 Å². The molecule has 1 aromatic carbocycles. The molecule has 23 heavy (non-hydrogen) atoms. The van der Waals surface area contributed by atoms with E-state index in [4.69, 9.17) is 0 Å². The minimum absolute atomic E-state index is 0.0191. The van der Waals surface area contributed by atoms with Gasteiger partial charge in [-0.1, -0.05) is 30.0 Å². The fraction of sp³-hybridized carbons (Fsp3) is 0.235. The van der Waals surface area contributed by atoms with Gasteiger partial charge in [0.2, 0.25) is 5.91 Å². The lowest BCUT2D eigenvalue weighted by Crippen LogP contribution is -2.23. The van der Waals surface area contributed by atoms with Crippen molar-refractivity contribution in [2.24, 2.45) is 0 Å². The van der Waals surface area contributed by atoms with Crippen LogP contribution in [0.3, 0.4) is 0 Å². The second-order valence-electron chi connectivity index (χ2n) is 5.33. The molecule has 0 spiro atoms. The van der Waals surface area contributed by atoms with Crippen molar-refractivity contribution in [3.8, 4) is 0 Å². The van der Waals surface area contributed by atoms with Gasteiger partial charge in [0.05, 0.1) is 5.25 Å². The van der Waals surface area contributed by atoms with Crippen molar-refractivity contribution in [2.75, 3.05) is 5.32 Å². The number of fused-ring (bicyclic) bond motifs is 1. The molecule has 2 heterocycles. The molecule has 118 valence electrons. The standard InChI is InChI=1S/C17H17N3OS2/c1-10-5-4-6-11(2)14(10)20-15(21)12(3)23-17-13-7-8-22-16(13)18-9-19-17/h4-9,12H,1-3H3,(H,20,21)/t12-/m0/s1. The van der Waals surface area contributed by atoms with Gasteiger partial charge in [0, 0.05) is 11.1 Å². The highest BCUT2D eigenvalue weighted by Crippen LogP contribution is 2.31. The van der Waals surface area contributed by atoms with Gasteiger partial charge < -0.3 is 5.32 Å². The summed E-state index contributed by atoms with van der Waals surface area (Å²) in [6, 6.07) is 7.99. The van der Waals surface area contributed by atoms with Gasteiger partial charge in [-0.3, -0.25) is 4.79 Å². The number of amides is 1. The minimum atomic E-state index is -0.244. The minimum Gasteiger partial charge on any atom is -0.325 e. The van der Waals surface area contributed by atoms with Gasteiger partial charge in [-0.2, -0.15) is 0 Å². The van der Waals surface area contributed by atoms with Gasteiger partial charge in [-0.05, 0) is 43.3 Å². The van der Waals surface area contributed by atoms with Gasteiger partial charge in [0.1, 0.15) is 16.2 Å². The number of nitrogens with one attached hydrogen (secondary N) is 1. The Balaban J connectivity index is 1.77. The molecule has 1 atom stereocenters. The number of aryl methyl sites for hydroxylation is 2. The third-order valence-electron chi connectivity index (χ3n) is 3.61. The number of carbonyl (C=O) groups is 1. The first kappa shape index (κ1) is 16.0. The highest BCUT2D eigenvalue weighted by Gasteiger charge is 2.18. The molecular weight excluding hydrogens is 326 g/mol. The molecule has 0 saturated carbocycles. The van der Waals surface area contributed by atoms with Crippen LogP contribution in [-0.4, -0.2) is 21.1 Å². The summed E-state index contributed by atoms with van der Waals surface area (Å²) >= 11 is 3.04. The van der Waals surface area contributed by atoms with Crippen molar-refractivity contribution in [2.45, 2.75) is 31.0 Å². The zero-order valence-corrected chi connectivity index (χ0v) is 14.8. The summed E-state index contributed by atoms with van der Waals surface area (Å²) in [6.07, 6.45) is 1.55. The number of rotatable bonds is 4. The summed E-state index contributed by atoms with van der Waals surface area (Å²) in [7, 11) is 0. The van der Waals surface area contributed by atoms with E-state index < -0.39 is 0 Å². The van der Waals surface area contributed by atoms with Gasteiger partial charge in [0.25, 0.3) is 0 Å². The Bertz CT molecular complexity index is 840. The van der Waals surface area contributed by atoms with Crippen LogP contribution in [0.2, 0.25) is 0 Å². The fourth-order valence-electron chi connectivity index (χ4n) is 2.32. The number of hydrogen-bond acceptors (Lipinski definition) is 5. The van der Waals surface area contributed by atoms with E-state index in [1.807, 2.05) is 50.4 Å². The average molecular weight is 343 g/mol. The summed E-state index contributed by atoms with van der Waals surface area (Å²) in [6.45, 7) is 5.90. The predicted octanol–water partition coefficient (Wildman–Crippen LogP) is 4.43. The molecule has 3 aromatic rings. The van der Waals surface area contributed by atoms with Crippen LogP contribution in [0.1, 0.15) is 18.1 Å². The van der Waals surface area contributed by atoms with Crippen molar-refractivity contribution in [1.29, 1.82) is 0 Å². The van der Waals surface area contributed by atoms with Crippen molar-refractivity contribution in [3.05, 3.63) is 47.1 Å². The molecule has 4 nitrogen and oxygen atoms in total. The summed E-state index contributed by atoms with van der Waals surface area (Å²) in [5.41, 5.74) is 3.03. The van der Waals surface area contributed by atoms with Crippen molar-refractivity contribution in [1.82, 2.24) is 9.97 Å². The molecule has 0 saturated heterocycles. The summed E-state index contributed by atoms with van der Waals surface area (Å²) in [4.78, 5) is 22.0. The Morgan fingerprint density at radius 1 is 1.22 bits per heavy atom. The Morgan fingerprint density at radius 2 is 1.96 bits per heavy atom. The van der Waals surface area contributed by atoms with Crippen LogP contribution in [0, 0.1) is 13.8 Å². The second-order valence-corrected chi connectivity index (χ2v) is 7.56. The number of hydrogen-bond donors (Lipinski definition) is 1. The first-order chi connectivity index (χ1) is 11.1. The number of aromatic nitrogens is 2. The Hall–Kier alpha value is -1.92. The van der Waals surface area contributed by atoms with Gasteiger partial charge in [-0.25, -0.2) is 9.97 Å². The number of para-hydroxylation sites is 1. The van der Waals surface area contributed by atoms with E-state index in [0.717, 1.165) is 32.1 Å². The van der Waals surface area contributed by atoms with Crippen LogP contribution in [0.5, 0.6) is 0 Å². The first-order valence-electron chi connectivity index (χ1n) is 7.28. The Kier molecular flexibility index (Phi) is 4.63. The van der Waals surface area contributed by atoms with E-state index in [2.05, 4.69) is 15.3 Å². The van der Waals surface area contributed by atoms with Gasteiger partial charge in [-0.15, -0.1) is 11.3 Å². The maximum absolute atomic E-state index is 12.5. The first-order valence-corrected chi connectivity index (χ1v) is 9.04. The molecule has 2 aromatic heterocycles. The maximum Gasteiger partial charge on any atom is 0.237 e. The van der Waals surface area contributed by atoms with E-state index >= 15 is 0 Å². The largest absolute Gasteiger partial charge is 0.325 e. The average Bonchev–Trinajstić information content (AvgIpc) is 3.00. The van der Waals surface area contributed by atoms with Gasteiger partial charge >= 0.3 is 0 Å². The number of carbonyl (C=O) groups excluding carboxylic acids is 1. The molecule has 0 unspecified atom stereocenters. The van der Waals surface area contributed by atoms with E-state index in [9.17, 15) is 4.79 Å². The monoisotopic (exact) mass is 343 g/mol. The molecule has 0 radical (unpaired) electrons. The SMILES string of the molecule is Cc1cccc(C)c1NC(=O)[C@H](C)Sc1ncnc2sccc12. The van der Waals surface area contributed by atoms with Gasteiger partial charge in [0.15, 0.2) is 0 Å². The smallest absolute Gasteiger partial charge is 0.237 e. The van der Waals surface area contributed by atoms with Crippen LogP contribution >= 0.6 is 23.1 Å². The fourth-order valence-corrected chi connectivity index (χ4v) is 4.02. The predicted molar refractivity (Wildman–Crippen MR) is 97.3 cm³/mol. The van der Waals surface area contributed by atoms with E-state index in [-0.39, 0.29) is 11.2 Å². The third-order valence-corrected chi connectivity index (χ3v) is 5.55. The molecular formula is C17H17N3OS2. The summed E-state index contributed by atoms with van der Waals surface area (Å²) in [5.74, 6) is -0.0191. The number of thioether (sulfide) groups is 1. The molecule has 0 fully saturated rings. The Morgan fingerprint density at radius 3 is 2.70 bits per heavy atom. The van der Waals surface area contributed by atoms with E-state index in [0.29, 0.717) is 0 Å². The topological polar surface area (TPSA) is 54.9 Å². The number of anilines is 1. The van der Waals surface area contributed by atoms with Crippen LogP contribution in [0.25, 0.3) is 10.2 Å². The molecule has 0 aliphatic heterocycles. The molecule has 3 rings (SSSR count). The lowest BCUT2D eigenvalue weighted by Gasteiger charge is -2.15. The number of nitrogens with zero attached hydrogens (tertiary/aromatic N) is 2. The number of thiophene rings is 1. The van der Waals surface area contributed by atoms with Crippen molar-refractivity contribution >= 4 is 44.9 Å². The lowest BCUT2D eigenvalue weighted by atomic mass is 10.1. The van der Waals surface area contributed by atoms with Crippen LogP contribution in [0.15, 0.2) is 41.0 Å². The van der Waals surface area contributed by atoms with E-state index in [1.54, 1.807) is 17.7 Å². The quantitative estimate of drug-likeness (QED) is 0.562. The van der Waals surface area contributed by atoms with Crippen LogP contribution in [-0.2, 0) is 4.79 Å². The summed E-state index contributed by atoms with van der Waals surface area (Å²) in [5, 5.41) is 6.64. The molecule has 1 N–H and O–H groups in total. The molecule has 0 aliphatic rings. The molecule has 1 amide bonds. The van der Waals surface area contributed by atoms with Crippen molar-refractivity contribution in [3.63, 3.8) is 0 Å². The zero-order valence-electron chi connectivity index (χ0n) is 13.2. The maximum atomic E-state index is 12.5. The van der Waals surface area contributed by atoms with Crippen molar-refractivity contribution < 1.29 is 4.79 Å². The lowest BCUT2D eigenvalue weighted by molar-refractivity contribution is -0.115. The number of benzene rings is 1. The van der Waals surface area contributed by atoms with Crippen LogP contribution < -0.4 is 5.32 Å². The normalized spacial score (nSPS) is 12.3. The summed E-state index contributed by atoms with van der Waals surface area (Å²) < 4.78 is 0. The highest BCUT2D eigenvalue weighted by atomic mass is 32.2. The van der Waals surface area contributed by atoms with E-state index in [1.165, 1.54) is 11.8 Å². The second kappa shape index (κ2) is 6.68. The molecule has 6 heteroatoms.